The summed E-state index contributed by atoms with van der Waals surface area (Å²) in [5.74, 6) is -7.89. The lowest BCUT2D eigenvalue weighted by Crippen LogP contribution is -2.18. The summed E-state index contributed by atoms with van der Waals surface area (Å²) in [5.41, 5.74) is -0.703. The van der Waals surface area contributed by atoms with Gasteiger partial charge < -0.3 is 10.1 Å². The monoisotopic (exact) mass is 335 g/mol. The molecule has 0 saturated heterocycles. The molecule has 8 heteroatoms. The number of halogens is 5. The Morgan fingerprint density at radius 2 is 1.96 bits per heavy atom. The van der Waals surface area contributed by atoms with Crippen LogP contribution in [0.2, 0.25) is 0 Å². The van der Waals surface area contributed by atoms with Gasteiger partial charge in [-0.3, -0.25) is 0 Å². The maximum absolute atomic E-state index is 13.7. The fourth-order valence-corrected chi connectivity index (χ4v) is 1.91. The molecular formula is C15H14F5NO2. The molecule has 1 aromatic rings. The summed E-state index contributed by atoms with van der Waals surface area (Å²) in [4.78, 5) is 11.8. The maximum Gasteiger partial charge on any atom is 0.335 e. The van der Waals surface area contributed by atoms with E-state index < -0.39 is 53.4 Å². The average Bonchev–Trinajstić information content (AvgIpc) is 3.22. The molecule has 1 aliphatic rings. The summed E-state index contributed by atoms with van der Waals surface area (Å²) in [6.07, 6.45) is -0.191. The number of hydrogen-bond acceptors (Lipinski definition) is 3. The molecule has 0 bridgehead atoms. The van der Waals surface area contributed by atoms with E-state index in [2.05, 4.69) is 5.32 Å². The third-order valence-corrected chi connectivity index (χ3v) is 3.28. The van der Waals surface area contributed by atoms with Gasteiger partial charge in [0.1, 0.15) is 6.17 Å². The Kier molecular flexibility index (Phi) is 5.23. The molecule has 0 aromatic heterocycles. The first-order valence-electron chi connectivity index (χ1n) is 6.93. The first-order valence-corrected chi connectivity index (χ1v) is 6.93. The van der Waals surface area contributed by atoms with Gasteiger partial charge in [0.05, 0.1) is 18.2 Å². The van der Waals surface area contributed by atoms with Gasteiger partial charge in [-0.25, -0.2) is 26.7 Å². The first-order chi connectivity index (χ1) is 10.8. The summed E-state index contributed by atoms with van der Waals surface area (Å²) < 4.78 is 70.6. The number of alkyl halides is 1. The smallest absolute Gasteiger partial charge is 0.335 e. The van der Waals surface area contributed by atoms with Gasteiger partial charge in [-0.15, -0.1) is 0 Å². The van der Waals surface area contributed by atoms with Crippen molar-refractivity contribution in [2.75, 3.05) is 6.61 Å². The van der Waals surface area contributed by atoms with E-state index in [1.54, 1.807) is 6.92 Å². The fraction of sp³-hybridized carbons (Fsp3) is 0.400. The minimum absolute atomic E-state index is 0.0277. The van der Waals surface area contributed by atoms with Crippen molar-refractivity contribution >= 4 is 5.97 Å². The number of carbonyl (C=O) groups excluding carboxylic acids is 1. The molecule has 0 spiro atoms. The molecule has 3 nitrogen and oxygen atoms in total. The molecule has 23 heavy (non-hydrogen) atoms. The molecule has 1 aromatic carbocycles. The highest BCUT2D eigenvalue weighted by molar-refractivity contribution is 5.88. The van der Waals surface area contributed by atoms with E-state index in [9.17, 15) is 26.7 Å². The standard InChI is InChI=1S/C15H14F5NO2/c1-2-23-15(22)8(6-21-11-5-9(11)16)3-7-4-10(17)13(19)14(20)12(7)18/h4,6,9,11,21H,2-3,5H2,1H3/b8-6+. The zero-order valence-corrected chi connectivity index (χ0v) is 12.1. The van der Waals surface area contributed by atoms with Crippen LogP contribution in [0.25, 0.3) is 0 Å². The van der Waals surface area contributed by atoms with E-state index in [0.29, 0.717) is 6.07 Å². The van der Waals surface area contributed by atoms with E-state index >= 15 is 0 Å². The van der Waals surface area contributed by atoms with Crippen molar-refractivity contribution in [2.45, 2.75) is 32.0 Å². The van der Waals surface area contributed by atoms with Crippen molar-refractivity contribution in [3.05, 3.63) is 46.7 Å². The molecule has 0 heterocycles. The summed E-state index contributed by atoms with van der Waals surface area (Å²) in [7, 11) is 0. The fourth-order valence-electron chi connectivity index (χ4n) is 1.91. The molecule has 126 valence electrons. The summed E-state index contributed by atoms with van der Waals surface area (Å²) in [6.45, 7) is 1.57. The Hall–Kier alpha value is -2.12. The maximum atomic E-state index is 13.7. The third-order valence-electron chi connectivity index (χ3n) is 3.28. The number of carbonyl (C=O) groups is 1. The van der Waals surface area contributed by atoms with E-state index in [0.717, 1.165) is 6.20 Å². The van der Waals surface area contributed by atoms with Crippen molar-refractivity contribution in [1.82, 2.24) is 5.32 Å². The second-order valence-corrected chi connectivity index (χ2v) is 5.05. The molecule has 1 N–H and O–H groups in total. The zero-order valence-electron chi connectivity index (χ0n) is 12.1. The van der Waals surface area contributed by atoms with Crippen molar-refractivity contribution in [2.24, 2.45) is 0 Å². The molecule has 1 aliphatic carbocycles. The Morgan fingerprint density at radius 3 is 2.52 bits per heavy atom. The zero-order chi connectivity index (χ0) is 17.1. The molecule has 0 amide bonds. The van der Waals surface area contributed by atoms with Gasteiger partial charge in [-0.1, -0.05) is 0 Å². The lowest BCUT2D eigenvalue weighted by molar-refractivity contribution is -0.138. The van der Waals surface area contributed by atoms with Crippen LogP contribution in [0.5, 0.6) is 0 Å². The first kappa shape index (κ1) is 17.2. The lowest BCUT2D eigenvalue weighted by atomic mass is 10.0. The van der Waals surface area contributed by atoms with Gasteiger partial charge in [0.25, 0.3) is 0 Å². The quantitative estimate of drug-likeness (QED) is 0.286. The molecule has 2 atom stereocenters. The summed E-state index contributed by atoms with van der Waals surface area (Å²) in [6, 6.07) is 0.00145. The SMILES string of the molecule is CCOC(=O)/C(=C/NC1CC1F)Cc1cc(F)c(F)c(F)c1F. The summed E-state index contributed by atoms with van der Waals surface area (Å²) in [5, 5.41) is 2.60. The van der Waals surface area contributed by atoms with Gasteiger partial charge >= 0.3 is 5.97 Å². The van der Waals surface area contributed by atoms with E-state index in [4.69, 9.17) is 4.74 Å². The minimum Gasteiger partial charge on any atom is -0.463 e. The van der Waals surface area contributed by atoms with Crippen LogP contribution in [0.4, 0.5) is 22.0 Å². The Morgan fingerprint density at radius 1 is 1.30 bits per heavy atom. The second kappa shape index (κ2) is 6.97. The van der Waals surface area contributed by atoms with Gasteiger partial charge in [0.15, 0.2) is 23.3 Å². The van der Waals surface area contributed by atoms with Gasteiger partial charge in [-0.2, -0.15) is 0 Å². The lowest BCUT2D eigenvalue weighted by Gasteiger charge is -2.10. The predicted octanol–water partition coefficient (Wildman–Crippen LogP) is 2.93. The number of ether oxygens (including phenoxy) is 1. The molecule has 1 fully saturated rings. The van der Waals surface area contributed by atoms with Gasteiger partial charge in [0, 0.05) is 19.0 Å². The third kappa shape index (κ3) is 4.00. The number of rotatable bonds is 6. The highest BCUT2D eigenvalue weighted by atomic mass is 19.2. The Bertz CT molecular complexity index is 647. The number of hydrogen-bond donors (Lipinski definition) is 1. The topological polar surface area (TPSA) is 38.3 Å². The van der Waals surface area contributed by atoms with E-state index in [-0.39, 0.29) is 18.6 Å². The Balaban J connectivity index is 2.25. The Labute approximate surface area is 129 Å². The summed E-state index contributed by atoms with van der Waals surface area (Å²) >= 11 is 0. The van der Waals surface area contributed by atoms with Crippen LogP contribution in [-0.2, 0) is 16.0 Å². The normalized spacial score (nSPS) is 20.3. The molecular weight excluding hydrogens is 321 g/mol. The molecule has 2 unspecified atom stereocenters. The van der Waals surface area contributed by atoms with Gasteiger partial charge in [0.2, 0.25) is 0 Å². The predicted molar refractivity (Wildman–Crippen MR) is 71.1 cm³/mol. The van der Waals surface area contributed by atoms with E-state index in [1.807, 2.05) is 0 Å². The minimum atomic E-state index is -1.96. The van der Waals surface area contributed by atoms with Crippen molar-refractivity contribution in [1.29, 1.82) is 0 Å². The van der Waals surface area contributed by atoms with Crippen LogP contribution in [0.3, 0.4) is 0 Å². The highest BCUT2D eigenvalue weighted by Crippen LogP contribution is 2.26. The molecule has 1 saturated carbocycles. The number of esters is 1. The highest BCUT2D eigenvalue weighted by Gasteiger charge is 2.36. The number of benzene rings is 1. The molecule has 0 aliphatic heterocycles. The largest absolute Gasteiger partial charge is 0.463 e. The average molecular weight is 335 g/mol. The van der Waals surface area contributed by atoms with Crippen molar-refractivity contribution < 1.29 is 31.5 Å². The molecule has 2 rings (SSSR count). The van der Waals surface area contributed by atoms with Crippen molar-refractivity contribution in [3.63, 3.8) is 0 Å². The number of nitrogens with one attached hydrogen (secondary N) is 1. The van der Waals surface area contributed by atoms with Crippen LogP contribution >= 0.6 is 0 Å². The second-order valence-electron chi connectivity index (χ2n) is 5.05. The van der Waals surface area contributed by atoms with Crippen molar-refractivity contribution in [3.8, 4) is 0 Å². The van der Waals surface area contributed by atoms with E-state index in [1.165, 1.54) is 0 Å². The van der Waals surface area contributed by atoms with Crippen LogP contribution in [0.1, 0.15) is 18.9 Å². The molecule has 0 radical (unpaired) electrons. The van der Waals surface area contributed by atoms with Crippen LogP contribution in [-0.4, -0.2) is 24.8 Å². The van der Waals surface area contributed by atoms with Crippen LogP contribution < -0.4 is 5.32 Å². The van der Waals surface area contributed by atoms with Gasteiger partial charge in [-0.05, 0) is 18.6 Å². The van der Waals surface area contributed by atoms with Crippen LogP contribution in [0.15, 0.2) is 17.8 Å². The van der Waals surface area contributed by atoms with Crippen LogP contribution in [0, 0.1) is 23.3 Å².